The SMILES string of the molecule is CC(C)NS(=O)(=O)c1ccc(C(=O)NC(CCC(C)(C)C)C(=O)O)cc1. The van der Waals surface area contributed by atoms with Crippen LogP contribution in [0.25, 0.3) is 0 Å². The Morgan fingerprint density at radius 2 is 1.65 bits per heavy atom. The number of benzene rings is 1. The molecule has 1 aromatic carbocycles. The summed E-state index contributed by atoms with van der Waals surface area (Å²) in [5, 5.41) is 11.8. The van der Waals surface area contributed by atoms with E-state index in [1.165, 1.54) is 24.3 Å². The fourth-order valence-electron chi connectivity index (χ4n) is 2.24. The lowest BCUT2D eigenvalue weighted by Gasteiger charge is -2.21. The molecule has 146 valence electrons. The van der Waals surface area contributed by atoms with E-state index in [1.54, 1.807) is 13.8 Å². The molecule has 1 unspecified atom stereocenters. The number of nitrogens with one attached hydrogen (secondary N) is 2. The van der Waals surface area contributed by atoms with Crippen molar-refractivity contribution in [1.29, 1.82) is 0 Å². The zero-order valence-corrected chi connectivity index (χ0v) is 16.7. The number of carbonyl (C=O) groups excluding carboxylic acids is 1. The molecule has 1 amide bonds. The van der Waals surface area contributed by atoms with Crippen molar-refractivity contribution in [3.63, 3.8) is 0 Å². The van der Waals surface area contributed by atoms with E-state index in [4.69, 9.17) is 0 Å². The molecule has 0 spiro atoms. The third kappa shape index (κ3) is 7.13. The van der Waals surface area contributed by atoms with Crippen LogP contribution in [0.5, 0.6) is 0 Å². The van der Waals surface area contributed by atoms with E-state index in [2.05, 4.69) is 10.0 Å². The molecule has 0 aliphatic heterocycles. The molecule has 1 rings (SSSR count). The van der Waals surface area contributed by atoms with Gasteiger partial charge in [-0.15, -0.1) is 0 Å². The highest BCUT2D eigenvalue weighted by molar-refractivity contribution is 7.89. The van der Waals surface area contributed by atoms with Crippen LogP contribution < -0.4 is 10.0 Å². The van der Waals surface area contributed by atoms with Gasteiger partial charge in [0.05, 0.1) is 4.90 Å². The highest BCUT2D eigenvalue weighted by Gasteiger charge is 2.23. The summed E-state index contributed by atoms with van der Waals surface area (Å²) in [6.07, 6.45) is 0.956. The van der Waals surface area contributed by atoms with Crippen LogP contribution in [-0.2, 0) is 14.8 Å². The van der Waals surface area contributed by atoms with E-state index < -0.39 is 27.9 Å². The first-order valence-corrected chi connectivity index (χ1v) is 9.96. The lowest BCUT2D eigenvalue weighted by atomic mass is 9.88. The number of amides is 1. The van der Waals surface area contributed by atoms with Crippen LogP contribution in [0.1, 0.15) is 57.8 Å². The van der Waals surface area contributed by atoms with Crippen molar-refractivity contribution in [3.8, 4) is 0 Å². The number of rotatable bonds is 8. The van der Waals surface area contributed by atoms with Gasteiger partial charge in [-0.1, -0.05) is 20.8 Å². The second kappa shape index (κ2) is 8.64. The van der Waals surface area contributed by atoms with Crippen molar-refractivity contribution in [2.75, 3.05) is 0 Å². The average Bonchev–Trinajstić information content (AvgIpc) is 2.48. The standard InChI is InChI=1S/C18H28N2O5S/c1-12(2)20-26(24,25)14-8-6-13(7-9-14)16(21)19-15(17(22)23)10-11-18(3,4)5/h6-9,12,15,20H,10-11H2,1-5H3,(H,19,21)(H,22,23). The number of hydrogen-bond donors (Lipinski definition) is 3. The lowest BCUT2D eigenvalue weighted by Crippen LogP contribution is -2.41. The Morgan fingerprint density at radius 1 is 1.12 bits per heavy atom. The van der Waals surface area contributed by atoms with Crippen LogP contribution in [-0.4, -0.2) is 37.5 Å². The van der Waals surface area contributed by atoms with Gasteiger partial charge >= 0.3 is 5.97 Å². The molecule has 0 aromatic heterocycles. The van der Waals surface area contributed by atoms with Crippen molar-refractivity contribution < 1.29 is 23.1 Å². The highest BCUT2D eigenvalue weighted by atomic mass is 32.2. The van der Waals surface area contributed by atoms with E-state index in [9.17, 15) is 23.1 Å². The number of aliphatic carboxylic acids is 1. The van der Waals surface area contributed by atoms with Gasteiger partial charge in [0, 0.05) is 11.6 Å². The molecule has 0 aliphatic carbocycles. The fourth-order valence-corrected chi connectivity index (χ4v) is 3.49. The van der Waals surface area contributed by atoms with E-state index in [0.717, 1.165) is 0 Å². The van der Waals surface area contributed by atoms with Crippen LogP contribution >= 0.6 is 0 Å². The summed E-state index contributed by atoms with van der Waals surface area (Å²) < 4.78 is 26.6. The summed E-state index contributed by atoms with van der Waals surface area (Å²) in [6.45, 7) is 9.42. The number of hydrogen-bond acceptors (Lipinski definition) is 4. The molecule has 26 heavy (non-hydrogen) atoms. The summed E-state index contributed by atoms with van der Waals surface area (Å²) in [6, 6.07) is 4.14. The van der Waals surface area contributed by atoms with Gasteiger partial charge in [-0.2, -0.15) is 0 Å². The Kier molecular flexibility index (Phi) is 7.35. The van der Waals surface area contributed by atoms with Gasteiger partial charge in [0.15, 0.2) is 0 Å². The molecule has 1 atom stereocenters. The van der Waals surface area contributed by atoms with Gasteiger partial charge in [-0.3, -0.25) is 4.79 Å². The molecule has 0 saturated carbocycles. The molecule has 1 aromatic rings. The van der Waals surface area contributed by atoms with Crippen molar-refractivity contribution in [2.24, 2.45) is 5.41 Å². The second-order valence-electron chi connectivity index (χ2n) is 7.76. The molecule has 3 N–H and O–H groups in total. The van der Waals surface area contributed by atoms with Crippen molar-refractivity contribution in [3.05, 3.63) is 29.8 Å². The van der Waals surface area contributed by atoms with Gasteiger partial charge in [0.25, 0.3) is 5.91 Å². The number of carboxylic acid groups (broad SMARTS) is 1. The summed E-state index contributed by atoms with van der Waals surface area (Å²) in [5.74, 6) is -1.64. The predicted octanol–water partition coefficient (Wildman–Crippen LogP) is 2.38. The maximum atomic E-state index is 12.3. The van der Waals surface area contributed by atoms with E-state index >= 15 is 0 Å². The van der Waals surface area contributed by atoms with Gasteiger partial charge in [-0.25, -0.2) is 17.9 Å². The molecule has 0 bridgehead atoms. The van der Waals surface area contributed by atoms with Gasteiger partial charge in [0.1, 0.15) is 6.04 Å². The lowest BCUT2D eigenvalue weighted by molar-refractivity contribution is -0.139. The maximum absolute atomic E-state index is 12.3. The summed E-state index contributed by atoms with van der Waals surface area (Å²) >= 11 is 0. The Balaban J connectivity index is 2.85. The van der Waals surface area contributed by atoms with Crippen LogP contribution in [0.4, 0.5) is 0 Å². The van der Waals surface area contributed by atoms with E-state index in [1.807, 2.05) is 20.8 Å². The minimum Gasteiger partial charge on any atom is -0.480 e. The molecule has 7 nitrogen and oxygen atoms in total. The van der Waals surface area contributed by atoms with Gasteiger partial charge in [0.2, 0.25) is 10.0 Å². The number of carboxylic acids is 1. The number of carbonyl (C=O) groups is 2. The normalized spacial score (nSPS) is 13.5. The first-order chi connectivity index (χ1) is 11.8. The fraction of sp³-hybridized carbons (Fsp3) is 0.556. The molecule has 0 radical (unpaired) electrons. The summed E-state index contributed by atoms with van der Waals surface area (Å²) in [5.41, 5.74) is 0.160. The van der Waals surface area contributed by atoms with E-state index in [0.29, 0.717) is 12.8 Å². The molecule has 0 saturated heterocycles. The smallest absolute Gasteiger partial charge is 0.326 e. The average molecular weight is 384 g/mol. The van der Waals surface area contributed by atoms with Crippen molar-refractivity contribution in [2.45, 2.75) is 64.4 Å². The van der Waals surface area contributed by atoms with Crippen molar-refractivity contribution in [1.82, 2.24) is 10.0 Å². The third-order valence-corrected chi connectivity index (χ3v) is 5.28. The molecule has 0 heterocycles. The first kappa shape index (κ1) is 22.1. The zero-order valence-electron chi connectivity index (χ0n) is 15.9. The predicted molar refractivity (Wildman–Crippen MR) is 99.5 cm³/mol. The Hall–Kier alpha value is -1.93. The minimum atomic E-state index is -3.64. The summed E-state index contributed by atoms with van der Waals surface area (Å²) in [7, 11) is -3.64. The topological polar surface area (TPSA) is 113 Å². The van der Waals surface area contributed by atoms with Gasteiger partial charge in [-0.05, 0) is 56.4 Å². The Bertz CT molecular complexity index is 734. The largest absolute Gasteiger partial charge is 0.480 e. The second-order valence-corrected chi connectivity index (χ2v) is 9.48. The molecular formula is C18H28N2O5S. The van der Waals surface area contributed by atoms with Crippen molar-refractivity contribution >= 4 is 21.9 Å². The Labute approximate surface area is 155 Å². The van der Waals surface area contributed by atoms with Crippen LogP contribution in [0.2, 0.25) is 0 Å². The van der Waals surface area contributed by atoms with E-state index in [-0.39, 0.29) is 21.9 Å². The van der Waals surface area contributed by atoms with Crippen LogP contribution in [0, 0.1) is 5.41 Å². The molecule has 8 heteroatoms. The maximum Gasteiger partial charge on any atom is 0.326 e. The van der Waals surface area contributed by atoms with Crippen LogP contribution in [0.3, 0.4) is 0 Å². The monoisotopic (exact) mass is 384 g/mol. The molecular weight excluding hydrogens is 356 g/mol. The zero-order chi connectivity index (χ0) is 20.1. The quantitative estimate of drug-likeness (QED) is 0.637. The highest BCUT2D eigenvalue weighted by Crippen LogP contribution is 2.22. The molecule has 0 aliphatic rings. The first-order valence-electron chi connectivity index (χ1n) is 8.48. The number of sulfonamides is 1. The minimum absolute atomic E-state index is 0.0438. The third-order valence-electron chi connectivity index (χ3n) is 3.60. The van der Waals surface area contributed by atoms with Crippen LogP contribution in [0.15, 0.2) is 29.2 Å². The Morgan fingerprint density at radius 3 is 2.08 bits per heavy atom. The van der Waals surface area contributed by atoms with Gasteiger partial charge < -0.3 is 10.4 Å². The molecule has 0 fully saturated rings. The summed E-state index contributed by atoms with van der Waals surface area (Å²) in [4.78, 5) is 23.7.